The first-order chi connectivity index (χ1) is 12.6. The number of nitrogens with zero attached hydrogens (tertiary/aromatic N) is 2. The molecule has 0 aliphatic heterocycles. The van der Waals surface area contributed by atoms with Crippen molar-refractivity contribution < 1.29 is 9.53 Å². The van der Waals surface area contributed by atoms with Crippen molar-refractivity contribution in [2.45, 2.75) is 19.0 Å². The summed E-state index contributed by atoms with van der Waals surface area (Å²) >= 11 is 1.40. The Morgan fingerprint density at radius 2 is 1.96 bits per heavy atom. The van der Waals surface area contributed by atoms with Crippen LogP contribution >= 0.6 is 11.8 Å². The minimum absolute atomic E-state index is 0.0482. The number of ether oxygens (including phenoxy) is 1. The molecular formula is C20H21N3O2S. The number of hydrogen-bond donors (Lipinski definition) is 1. The van der Waals surface area contributed by atoms with Crippen LogP contribution in [0.3, 0.4) is 0 Å². The first kappa shape index (κ1) is 18.1. The maximum absolute atomic E-state index is 12.3. The summed E-state index contributed by atoms with van der Waals surface area (Å²) in [4.78, 5) is 16.7. The molecule has 1 aromatic heterocycles. The van der Waals surface area contributed by atoms with Gasteiger partial charge in [-0.1, -0.05) is 23.9 Å². The molecule has 134 valence electrons. The third kappa shape index (κ3) is 4.26. The van der Waals surface area contributed by atoms with Gasteiger partial charge in [0.1, 0.15) is 5.75 Å². The summed E-state index contributed by atoms with van der Waals surface area (Å²) < 4.78 is 7.14. The second-order valence-corrected chi connectivity index (χ2v) is 6.88. The molecule has 0 bridgehead atoms. The predicted molar refractivity (Wildman–Crippen MR) is 105 cm³/mol. The number of aromatic nitrogens is 2. The van der Waals surface area contributed by atoms with E-state index < -0.39 is 0 Å². The van der Waals surface area contributed by atoms with E-state index in [9.17, 15) is 4.79 Å². The molecule has 0 atom stereocenters. The summed E-state index contributed by atoms with van der Waals surface area (Å²) in [7, 11) is 1.64. The molecule has 0 fully saturated rings. The van der Waals surface area contributed by atoms with Crippen molar-refractivity contribution in [2.24, 2.45) is 0 Å². The molecule has 6 heteroatoms. The number of carbonyl (C=O) groups excluding carboxylic acids is 1. The van der Waals surface area contributed by atoms with E-state index in [0.717, 1.165) is 33.4 Å². The molecule has 3 rings (SSSR count). The second kappa shape index (κ2) is 8.10. The summed E-state index contributed by atoms with van der Waals surface area (Å²) in [5, 5.41) is 3.74. The van der Waals surface area contributed by atoms with Gasteiger partial charge in [-0.05, 0) is 55.3 Å². The van der Waals surface area contributed by atoms with Gasteiger partial charge >= 0.3 is 0 Å². The highest BCUT2D eigenvalue weighted by Crippen LogP contribution is 2.23. The molecule has 1 N–H and O–H groups in total. The summed E-state index contributed by atoms with van der Waals surface area (Å²) in [5.74, 6) is 1.05. The van der Waals surface area contributed by atoms with Crippen molar-refractivity contribution >= 4 is 23.4 Å². The Hall–Kier alpha value is -2.73. The highest BCUT2D eigenvalue weighted by molar-refractivity contribution is 7.99. The van der Waals surface area contributed by atoms with Gasteiger partial charge in [-0.3, -0.25) is 9.36 Å². The van der Waals surface area contributed by atoms with E-state index in [1.807, 2.05) is 67.1 Å². The van der Waals surface area contributed by atoms with E-state index >= 15 is 0 Å². The highest BCUT2D eigenvalue weighted by atomic mass is 32.2. The van der Waals surface area contributed by atoms with E-state index in [1.54, 1.807) is 13.3 Å². The molecular weight excluding hydrogens is 346 g/mol. The van der Waals surface area contributed by atoms with Crippen LogP contribution in [0.1, 0.15) is 11.1 Å². The van der Waals surface area contributed by atoms with Gasteiger partial charge in [0, 0.05) is 23.8 Å². The van der Waals surface area contributed by atoms with E-state index in [-0.39, 0.29) is 5.91 Å². The fraction of sp³-hybridized carbons (Fsp3) is 0.200. The zero-order chi connectivity index (χ0) is 18.5. The third-order valence-electron chi connectivity index (χ3n) is 3.96. The molecule has 0 saturated heterocycles. The van der Waals surface area contributed by atoms with Crippen molar-refractivity contribution in [1.82, 2.24) is 9.55 Å². The number of benzene rings is 2. The third-order valence-corrected chi connectivity index (χ3v) is 4.92. The summed E-state index contributed by atoms with van der Waals surface area (Å²) in [6, 6.07) is 13.7. The van der Waals surface area contributed by atoms with E-state index in [1.165, 1.54) is 11.8 Å². The normalized spacial score (nSPS) is 10.6. The maximum Gasteiger partial charge on any atom is 0.234 e. The predicted octanol–water partition coefficient (Wildman–Crippen LogP) is 4.23. The molecule has 3 aromatic rings. The molecule has 0 spiro atoms. The Morgan fingerprint density at radius 3 is 2.69 bits per heavy atom. The van der Waals surface area contributed by atoms with Gasteiger partial charge in [0.15, 0.2) is 5.16 Å². The number of amides is 1. The fourth-order valence-electron chi connectivity index (χ4n) is 2.52. The number of rotatable bonds is 6. The van der Waals surface area contributed by atoms with E-state index in [0.29, 0.717) is 5.75 Å². The summed E-state index contributed by atoms with van der Waals surface area (Å²) in [6.07, 6.45) is 3.61. The van der Waals surface area contributed by atoms with Crippen LogP contribution in [-0.2, 0) is 4.79 Å². The first-order valence-corrected chi connectivity index (χ1v) is 9.23. The Balaban J connectivity index is 1.66. The quantitative estimate of drug-likeness (QED) is 0.663. The van der Waals surface area contributed by atoms with Crippen molar-refractivity contribution in [2.75, 3.05) is 18.2 Å². The Kier molecular flexibility index (Phi) is 5.63. The minimum atomic E-state index is -0.0482. The molecule has 1 amide bonds. The molecule has 0 aliphatic carbocycles. The van der Waals surface area contributed by atoms with Gasteiger partial charge in [-0.25, -0.2) is 4.98 Å². The maximum atomic E-state index is 12.3. The van der Waals surface area contributed by atoms with Crippen LogP contribution in [0.4, 0.5) is 5.69 Å². The smallest absolute Gasteiger partial charge is 0.234 e. The van der Waals surface area contributed by atoms with Gasteiger partial charge in [0.25, 0.3) is 0 Å². The minimum Gasteiger partial charge on any atom is -0.497 e. The second-order valence-electron chi connectivity index (χ2n) is 5.93. The lowest BCUT2D eigenvalue weighted by Gasteiger charge is -2.10. The number of imidazole rings is 1. The molecule has 2 aromatic carbocycles. The monoisotopic (exact) mass is 367 g/mol. The van der Waals surface area contributed by atoms with Crippen molar-refractivity contribution in [1.29, 1.82) is 0 Å². The average molecular weight is 367 g/mol. The number of aryl methyl sites for hydroxylation is 2. The standard InChI is InChI=1S/C20H21N3O2S/c1-14-4-5-15(2)18(12-14)22-19(24)13-26-20-21-10-11-23(20)16-6-8-17(25-3)9-7-16/h4-12H,13H2,1-3H3,(H,22,24). The summed E-state index contributed by atoms with van der Waals surface area (Å²) in [5.41, 5.74) is 4.00. The molecule has 0 aliphatic rings. The fourth-order valence-corrected chi connectivity index (χ4v) is 3.30. The Morgan fingerprint density at radius 1 is 1.19 bits per heavy atom. The molecule has 0 radical (unpaired) electrons. The molecule has 0 saturated carbocycles. The van der Waals surface area contributed by atoms with Crippen LogP contribution in [-0.4, -0.2) is 28.3 Å². The number of nitrogens with one attached hydrogen (secondary N) is 1. The lowest BCUT2D eigenvalue weighted by molar-refractivity contribution is -0.113. The molecule has 26 heavy (non-hydrogen) atoms. The van der Waals surface area contributed by atoms with Crippen LogP contribution in [0.5, 0.6) is 5.75 Å². The van der Waals surface area contributed by atoms with Gasteiger partial charge in [-0.15, -0.1) is 0 Å². The van der Waals surface area contributed by atoms with Crippen molar-refractivity contribution in [3.63, 3.8) is 0 Å². The number of methoxy groups -OCH3 is 1. The molecule has 0 unspecified atom stereocenters. The number of carbonyl (C=O) groups is 1. The van der Waals surface area contributed by atoms with Crippen LogP contribution in [0.15, 0.2) is 60.0 Å². The highest BCUT2D eigenvalue weighted by Gasteiger charge is 2.10. The zero-order valence-electron chi connectivity index (χ0n) is 15.0. The van der Waals surface area contributed by atoms with Gasteiger partial charge < -0.3 is 10.1 Å². The van der Waals surface area contributed by atoms with Crippen LogP contribution in [0.2, 0.25) is 0 Å². The largest absolute Gasteiger partial charge is 0.497 e. The number of anilines is 1. The lowest BCUT2D eigenvalue weighted by atomic mass is 10.1. The summed E-state index contributed by atoms with van der Waals surface area (Å²) in [6.45, 7) is 3.99. The number of hydrogen-bond acceptors (Lipinski definition) is 4. The SMILES string of the molecule is COc1ccc(-n2ccnc2SCC(=O)Nc2cc(C)ccc2C)cc1. The van der Waals surface area contributed by atoms with Gasteiger partial charge in [0.2, 0.25) is 5.91 Å². The lowest BCUT2D eigenvalue weighted by Crippen LogP contribution is -2.15. The van der Waals surface area contributed by atoms with Gasteiger partial charge in [0.05, 0.1) is 12.9 Å². The zero-order valence-corrected chi connectivity index (χ0v) is 15.8. The van der Waals surface area contributed by atoms with Crippen LogP contribution in [0, 0.1) is 13.8 Å². The average Bonchev–Trinajstić information content (AvgIpc) is 3.12. The van der Waals surface area contributed by atoms with Crippen LogP contribution < -0.4 is 10.1 Å². The molecule has 1 heterocycles. The molecule has 5 nitrogen and oxygen atoms in total. The number of thioether (sulfide) groups is 1. The van der Waals surface area contributed by atoms with E-state index in [4.69, 9.17) is 4.74 Å². The topological polar surface area (TPSA) is 56.2 Å². The first-order valence-electron chi connectivity index (χ1n) is 8.24. The van der Waals surface area contributed by atoms with Crippen molar-refractivity contribution in [3.8, 4) is 11.4 Å². The van der Waals surface area contributed by atoms with E-state index in [2.05, 4.69) is 10.3 Å². The Labute approximate surface area is 157 Å². The van der Waals surface area contributed by atoms with Crippen LogP contribution in [0.25, 0.3) is 5.69 Å². The Bertz CT molecular complexity index is 904. The van der Waals surface area contributed by atoms with Crippen molar-refractivity contribution in [3.05, 3.63) is 66.0 Å². The van der Waals surface area contributed by atoms with Gasteiger partial charge in [-0.2, -0.15) is 0 Å².